The molecule has 6 nitrogen and oxygen atoms in total. The quantitative estimate of drug-likeness (QED) is 0.842. The lowest BCUT2D eigenvalue weighted by Crippen LogP contribution is -2.37. The van der Waals surface area contributed by atoms with E-state index in [1.165, 1.54) is 7.11 Å². The van der Waals surface area contributed by atoms with E-state index in [1.807, 2.05) is 0 Å². The Morgan fingerprint density at radius 2 is 1.79 bits per heavy atom. The summed E-state index contributed by atoms with van der Waals surface area (Å²) in [5.41, 5.74) is 6.76. The summed E-state index contributed by atoms with van der Waals surface area (Å²) in [6, 6.07) is 13.6. The molecule has 126 valence electrons. The third kappa shape index (κ3) is 3.91. The monoisotopic (exact) mass is 328 g/mol. The van der Waals surface area contributed by atoms with Gasteiger partial charge in [0.1, 0.15) is 11.5 Å². The van der Waals surface area contributed by atoms with Crippen LogP contribution < -0.4 is 20.5 Å². The lowest BCUT2D eigenvalue weighted by atomic mass is 9.96. The number of hydrogen-bond acceptors (Lipinski definition) is 5. The summed E-state index contributed by atoms with van der Waals surface area (Å²) in [6.45, 7) is 0.0383. The summed E-state index contributed by atoms with van der Waals surface area (Å²) in [7, 11) is 3.04. The van der Waals surface area contributed by atoms with Gasteiger partial charge in [-0.05, 0) is 18.2 Å². The number of nitrogens with one attached hydrogen (secondary N) is 1. The molecular weight excluding hydrogens is 308 g/mol. The molecule has 0 aliphatic rings. The van der Waals surface area contributed by atoms with Crippen molar-refractivity contribution in [2.24, 2.45) is 5.73 Å². The molecule has 0 bridgehead atoms. The Labute approximate surface area is 140 Å². The smallest absolute Gasteiger partial charge is 0.257 e. The van der Waals surface area contributed by atoms with Crippen LogP contribution in [-0.4, -0.2) is 32.6 Å². The van der Waals surface area contributed by atoms with Crippen LogP contribution in [0.1, 0.15) is 21.8 Å². The first-order chi connectivity index (χ1) is 11.6. The molecule has 0 aliphatic carbocycles. The van der Waals surface area contributed by atoms with Gasteiger partial charge in [-0.3, -0.25) is 14.9 Å². The zero-order chi connectivity index (χ0) is 17.5. The van der Waals surface area contributed by atoms with Crippen LogP contribution in [0.15, 0.2) is 48.5 Å². The Kier molecular flexibility index (Phi) is 5.92. The van der Waals surface area contributed by atoms with Crippen molar-refractivity contribution in [3.8, 4) is 11.5 Å². The van der Waals surface area contributed by atoms with E-state index in [4.69, 9.17) is 15.2 Å². The van der Waals surface area contributed by atoms with E-state index < -0.39 is 17.7 Å². The summed E-state index contributed by atoms with van der Waals surface area (Å²) in [5.74, 6) is -0.570. The van der Waals surface area contributed by atoms with Gasteiger partial charge in [-0.25, -0.2) is 0 Å². The molecule has 2 amide bonds. The second kappa shape index (κ2) is 8.12. The molecule has 0 saturated carbocycles. The molecule has 1 atom stereocenters. The van der Waals surface area contributed by atoms with E-state index >= 15 is 0 Å². The van der Waals surface area contributed by atoms with Gasteiger partial charge in [0.25, 0.3) is 5.91 Å². The van der Waals surface area contributed by atoms with Crippen LogP contribution in [0.5, 0.6) is 11.5 Å². The lowest BCUT2D eigenvalue weighted by molar-refractivity contribution is -0.121. The highest BCUT2D eigenvalue weighted by Crippen LogP contribution is 2.30. The Bertz CT molecular complexity index is 716. The van der Waals surface area contributed by atoms with Gasteiger partial charge >= 0.3 is 0 Å². The predicted octanol–water partition coefficient (Wildman–Crippen LogP) is 1.70. The first-order valence-electron chi connectivity index (χ1n) is 7.43. The second-order valence-electron chi connectivity index (χ2n) is 5.08. The Hall–Kier alpha value is -2.86. The van der Waals surface area contributed by atoms with Gasteiger partial charge in [0, 0.05) is 23.7 Å². The highest BCUT2D eigenvalue weighted by molar-refractivity contribution is 6.06. The number of benzene rings is 2. The number of ether oxygens (including phenoxy) is 2. The third-order valence-electron chi connectivity index (χ3n) is 3.64. The summed E-state index contributed by atoms with van der Waals surface area (Å²) >= 11 is 0. The van der Waals surface area contributed by atoms with Crippen molar-refractivity contribution in [2.45, 2.75) is 5.92 Å². The van der Waals surface area contributed by atoms with Crippen molar-refractivity contribution < 1.29 is 19.1 Å². The number of rotatable bonds is 6. The number of nitrogens with two attached hydrogens (primary N) is 1. The molecular formula is C18H20N2O4. The number of methoxy groups -OCH3 is 2. The van der Waals surface area contributed by atoms with Crippen molar-refractivity contribution in [1.29, 1.82) is 0 Å². The Morgan fingerprint density at radius 3 is 2.38 bits per heavy atom. The molecule has 2 aromatic rings. The normalized spacial score (nSPS) is 11.5. The van der Waals surface area contributed by atoms with E-state index in [9.17, 15) is 9.59 Å². The molecule has 0 aliphatic heterocycles. The van der Waals surface area contributed by atoms with E-state index in [2.05, 4.69) is 5.32 Å². The van der Waals surface area contributed by atoms with Gasteiger partial charge in [-0.15, -0.1) is 0 Å². The summed E-state index contributed by atoms with van der Waals surface area (Å²) in [4.78, 5) is 24.6. The van der Waals surface area contributed by atoms with E-state index in [0.29, 0.717) is 22.6 Å². The van der Waals surface area contributed by atoms with E-state index in [1.54, 1.807) is 55.6 Å². The fourth-order valence-electron chi connectivity index (χ4n) is 2.34. The first kappa shape index (κ1) is 17.5. The van der Waals surface area contributed by atoms with Gasteiger partial charge in [0.05, 0.1) is 20.1 Å². The number of hydrogen-bond donors (Lipinski definition) is 2. The summed E-state index contributed by atoms with van der Waals surface area (Å²) in [5, 5.41) is 2.38. The van der Waals surface area contributed by atoms with Crippen LogP contribution in [-0.2, 0) is 4.79 Å². The van der Waals surface area contributed by atoms with Gasteiger partial charge in [-0.2, -0.15) is 0 Å². The zero-order valence-electron chi connectivity index (χ0n) is 13.6. The maximum absolute atomic E-state index is 12.5. The first-order valence-corrected chi connectivity index (χ1v) is 7.43. The average Bonchev–Trinajstić information content (AvgIpc) is 2.63. The van der Waals surface area contributed by atoms with Crippen LogP contribution in [0.25, 0.3) is 0 Å². The fourth-order valence-corrected chi connectivity index (χ4v) is 2.34. The van der Waals surface area contributed by atoms with Gasteiger partial charge in [0.2, 0.25) is 5.91 Å². The van der Waals surface area contributed by atoms with Crippen molar-refractivity contribution in [3.63, 3.8) is 0 Å². The molecule has 2 aromatic carbocycles. The molecule has 3 N–H and O–H groups in total. The topological polar surface area (TPSA) is 90.6 Å². The minimum atomic E-state index is -0.710. The number of carbonyl (C=O) groups is 2. The molecule has 0 heterocycles. The van der Waals surface area contributed by atoms with Crippen LogP contribution >= 0.6 is 0 Å². The van der Waals surface area contributed by atoms with Crippen molar-refractivity contribution in [3.05, 3.63) is 59.7 Å². The fraction of sp³-hybridized carbons (Fsp3) is 0.222. The van der Waals surface area contributed by atoms with Crippen LogP contribution in [0.4, 0.5) is 0 Å². The molecule has 0 aromatic heterocycles. The summed E-state index contributed by atoms with van der Waals surface area (Å²) in [6.07, 6.45) is 0. The molecule has 1 unspecified atom stereocenters. The van der Waals surface area contributed by atoms with Gasteiger partial charge in [-0.1, -0.05) is 24.3 Å². The third-order valence-corrected chi connectivity index (χ3v) is 3.64. The Morgan fingerprint density at radius 1 is 1.08 bits per heavy atom. The molecule has 24 heavy (non-hydrogen) atoms. The van der Waals surface area contributed by atoms with Crippen LogP contribution in [0, 0.1) is 0 Å². The van der Waals surface area contributed by atoms with E-state index in [-0.39, 0.29) is 6.54 Å². The number of amides is 2. The highest BCUT2D eigenvalue weighted by Gasteiger charge is 2.25. The maximum atomic E-state index is 12.5. The SMILES string of the molecule is COc1ccc(C(CN)C(=O)NC(=O)c2ccccc2)c(OC)c1. The van der Waals surface area contributed by atoms with Gasteiger partial charge in [0.15, 0.2) is 0 Å². The van der Waals surface area contributed by atoms with Crippen LogP contribution in [0.3, 0.4) is 0 Å². The van der Waals surface area contributed by atoms with Crippen LogP contribution in [0.2, 0.25) is 0 Å². The second-order valence-corrected chi connectivity index (χ2v) is 5.08. The Balaban J connectivity index is 2.22. The molecule has 0 fully saturated rings. The molecule has 0 spiro atoms. The molecule has 6 heteroatoms. The largest absolute Gasteiger partial charge is 0.497 e. The van der Waals surface area contributed by atoms with Gasteiger partial charge < -0.3 is 15.2 Å². The number of imide groups is 1. The van der Waals surface area contributed by atoms with Crippen molar-refractivity contribution in [2.75, 3.05) is 20.8 Å². The molecule has 2 rings (SSSR count). The molecule has 0 saturated heterocycles. The van der Waals surface area contributed by atoms with Crippen molar-refractivity contribution >= 4 is 11.8 Å². The predicted molar refractivity (Wildman–Crippen MR) is 90.3 cm³/mol. The highest BCUT2D eigenvalue weighted by atomic mass is 16.5. The summed E-state index contributed by atoms with van der Waals surface area (Å²) < 4.78 is 10.5. The lowest BCUT2D eigenvalue weighted by Gasteiger charge is -2.18. The minimum Gasteiger partial charge on any atom is -0.497 e. The maximum Gasteiger partial charge on any atom is 0.257 e. The number of carbonyl (C=O) groups excluding carboxylic acids is 2. The standard InChI is InChI=1S/C18H20N2O4/c1-23-13-8-9-14(16(10-13)24-2)15(11-19)18(22)20-17(21)12-6-4-3-5-7-12/h3-10,15H,11,19H2,1-2H3,(H,20,21,22). The molecule has 0 radical (unpaired) electrons. The van der Waals surface area contributed by atoms with E-state index in [0.717, 1.165) is 0 Å². The average molecular weight is 328 g/mol. The minimum absolute atomic E-state index is 0.0383. The van der Waals surface area contributed by atoms with Crippen molar-refractivity contribution in [1.82, 2.24) is 5.32 Å². The zero-order valence-corrected chi connectivity index (χ0v) is 13.6.